The van der Waals surface area contributed by atoms with Crippen molar-refractivity contribution >= 4 is 0 Å². The maximum absolute atomic E-state index is 15.2. The minimum atomic E-state index is -3.79. The molecular formula is C32H30F8O. The van der Waals surface area contributed by atoms with Crippen LogP contribution in [0.4, 0.5) is 35.1 Å². The summed E-state index contributed by atoms with van der Waals surface area (Å²) in [6.07, 6.45) is 0.143. The van der Waals surface area contributed by atoms with Gasteiger partial charge in [0.15, 0.2) is 17.5 Å². The number of rotatable bonds is 6. The molecule has 0 atom stereocenters. The van der Waals surface area contributed by atoms with Crippen molar-refractivity contribution in [3.8, 4) is 16.9 Å². The fourth-order valence-electron chi connectivity index (χ4n) is 6.28. The molecule has 9 heteroatoms. The standard InChI is InChI=1S/C32H30F8O/c1-17-2-4-18(5-3-17)21-13-26(34)30(27(35)14-21)20-8-11-24(25(33)12-20)19-6-9-22(10-7-19)32(39,40)41-23-15-28(36)31(38)29(37)16-23/h8,11-19,22H,2-7,9-10H2,1H3. The van der Waals surface area contributed by atoms with E-state index >= 15 is 13.2 Å². The molecule has 0 unspecified atom stereocenters. The first-order valence-electron chi connectivity index (χ1n) is 13.9. The monoisotopic (exact) mass is 582 g/mol. The molecule has 0 radical (unpaired) electrons. The van der Waals surface area contributed by atoms with E-state index in [4.69, 9.17) is 0 Å². The Morgan fingerprint density at radius 1 is 0.634 bits per heavy atom. The van der Waals surface area contributed by atoms with E-state index in [1.807, 2.05) is 0 Å². The third-order valence-electron chi connectivity index (χ3n) is 8.69. The zero-order chi connectivity index (χ0) is 29.5. The quantitative estimate of drug-likeness (QED) is 0.208. The minimum absolute atomic E-state index is 0.0532. The first kappa shape index (κ1) is 29.4. The first-order valence-corrected chi connectivity index (χ1v) is 13.9. The average Bonchev–Trinajstić information content (AvgIpc) is 2.91. The van der Waals surface area contributed by atoms with Crippen LogP contribution in [0.25, 0.3) is 11.1 Å². The Balaban J connectivity index is 1.26. The lowest BCUT2D eigenvalue weighted by Gasteiger charge is -2.33. The Morgan fingerprint density at radius 3 is 1.76 bits per heavy atom. The molecule has 0 aromatic heterocycles. The normalized spacial score (nSPS) is 23.4. The summed E-state index contributed by atoms with van der Waals surface area (Å²) in [4.78, 5) is 0. The molecule has 2 saturated carbocycles. The SMILES string of the molecule is CC1CCC(c2cc(F)c(-c3ccc(C4CCC(C(F)(F)Oc5cc(F)c(F)c(F)c5)CC4)c(F)c3)c(F)c2)CC1. The predicted molar refractivity (Wildman–Crippen MR) is 139 cm³/mol. The van der Waals surface area contributed by atoms with E-state index in [9.17, 15) is 22.0 Å². The number of halogens is 8. The van der Waals surface area contributed by atoms with Crippen LogP contribution in [-0.4, -0.2) is 6.11 Å². The highest BCUT2D eigenvalue weighted by atomic mass is 19.3. The molecule has 2 aliphatic rings. The van der Waals surface area contributed by atoms with Gasteiger partial charge in [-0.2, -0.15) is 8.78 Å². The largest absolute Gasteiger partial charge is 0.432 e. The summed E-state index contributed by atoms with van der Waals surface area (Å²) < 4.78 is 119. The number of ether oxygens (including phenoxy) is 1. The molecule has 0 N–H and O–H groups in total. The van der Waals surface area contributed by atoms with Crippen LogP contribution in [0.15, 0.2) is 42.5 Å². The number of hydrogen-bond donors (Lipinski definition) is 0. The van der Waals surface area contributed by atoms with Gasteiger partial charge in [0.25, 0.3) is 0 Å². The zero-order valence-corrected chi connectivity index (χ0v) is 22.4. The van der Waals surface area contributed by atoms with Crippen molar-refractivity contribution in [1.29, 1.82) is 0 Å². The molecule has 0 saturated heterocycles. The molecule has 3 aromatic rings. The van der Waals surface area contributed by atoms with E-state index in [1.165, 1.54) is 24.3 Å². The Kier molecular flexibility index (Phi) is 8.35. The molecule has 220 valence electrons. The van der Waals surface area contributed by atoms with Gasteiger partial charge < -0.3 is 4.74 Å². The van der Waals surface area contributed by atoms with Crippen molar-refractivity contribution in [2.75, 3.05) is 0 Å². The molecule has 5 rings (SSSR count). The number of alkyl halides is 2. The van der Waals surface area contributed by atoms with E-state index < -0.39 is 58.6 Å². The second-order valence-corrected chi connectivity index (χ2v) is 11.5. The number of benzene rings is 3. The maximum atomic E-state index is 15.2. The predicted octanol–water partition coefficient (Wildman–Crippen LogP) is 10.4. The molecule has 0 aliphatic heterocycles. The summed E-state index contributed by atoms with van der Waals surface area (Å²) in [5, 5.41) is 0. The van der Waals surface area contributed by atoms with Crippen LogP contribution < -0.4 is 4.74 Å². The Morgan fingerprint density at radius 2 is 1.20 bits per heavy atom. The van der Waals surface area contributed by atoms with Gasteiger partial charge in [0, 0.05) is 12.1 Å². The molecule has 41 heavy (non-hydrogen) atoms. The van der Waals surface area contributed by atoms with Gasteiger partial charge >= 0.3 is 6.11 Å². The highest BCUT2D eigenvalue weighted by molar-refractivity contribution is 5.66. The van der Waals surface area contributed by atoms with Crippen molar-refractivity contribution in [3.63, 3.8) is 0 Å². The third kappa shape index (κ3) is 6.24. The summed E-state index contributed by atoms with van der Waals surface area (Å²) in [6.45, 7) is 2.16. The van der Waals surface area contributed by atoms with E-state index in [2.05, 4.69) is 11.7 Å². The van der Waals surface area contributed by atoms with Gasteiger partial charge in [0.05, 0.1) is 11.5 Å². The Bertz CT molecular complexity index is 1360. The third-order valence-corrected chi connectivity index (χ3v) is 8.69. The topological polar surface area (TPSA) is 9.23 Å². The highest BCUT2D eigenvalue weighted by Gasteiger charge is 2.44. The smallest absolute Gasteiger partial charge is 0.400 e. The second kappa shape index (κ2) is 11.6. The lowest BCUT2D eigenvalue weighted by atomic mass is 9.77. The fraction of sp³-hybridized carbons (Fsp3) is 0.438. The molecule has 3 aromatic carbocycles. The lowest BCUT2D eigenvalue weighted by Crippen LogP contribution is -2.37. The van der Waals surface area contributed by atoms with Crippen molar-refractivity contribution in [1.82, 2.24) is 0 Å². The summed E-state index contributed by atoms with van der Waals surface area (Å²) >= 11 is 0. The van der Waals surface area contributed by atoms with Crippen LogP contribution in [0.3, 0.4) is 0 Å². The van der Waals surface area contributed by atoms with Gasteiger partial charge in [-0.05, 0) is 91.2 Å². The van der Waals surface area contributed by atoms with E-state index in [0.717, 1.165) is 31.7 Å². The van der Waals surface area contributed by atoms with Crippen molar-refractivity contribution in [2.24, 2.45) is 11.8 Å². The maximum Gasteiger partial charge on any atom is 0.400 e. The van der Waals surface area contributed by atoms with Crippen LogP contribution in [0, 0.1) is 46.7 Å². The van der Waals surface area contributed by atoms with Crippen molar-refractivity contribution in [3.05, 3.63) is 88.5 Å². The van der Waals surface area contributed by atoms with Gasteiger partial charge in [-0.15, -0.1) is 0 Å². The van der Waals surface area contributed by atoms with Crippen LogP contribution >= 0.6 is 0 Å². The molecule has 0 amide bonds. The van der Waals surface area contributed by atoms with Crippen LogP contribution in [-0.2, 0) is 0 Å². The van der Waals surface area contributed by atoms with Crippen molar-refractivity contribution < 1.29 is 39.9 Å². The lowest BCUT2D eigenvalue weighted by molar-refractivity contribution is -0.222. The summed E-state index contributed by atoms with van der Waals surface area (Å²) in [6, 6.07) is 7.31. The Labute approximate surface area is 233 Å². The molecule has 0 heterocycles. The minimum Gasteiger partial charge on any atom is -0.432 e. The first-order chi connectivity index (χ1) is 19.4. The molecular weight excluding hydrogens is 552 g/mol. The van der Waals surface area contributed by atoms with E-state index in [-0.39, 0.29) is 48.3 Å². The summed E-state index contributed by atoms with van der Waals surface area (Å²) in [5.41, 5.74) is 0.614. The van der Waals surface area contributed by atoms with Gasteiger partial charge in [-0.1, -0.05) is 31.9 Å². The molecule has 2 aliphatic carbocycles. The van der Waals surface area contributed by atoms with Crippen LogP contribution in [0.2, 0.25) is 0 Å². The highest BCUT2D eigenvalue weighted by Crippen LogP contribution is 2.45. The van der Waals surface area contributed by atoms with Gasteiger partial charge in [0.1, 0.15) is 23.2 Å². The van der Waals surface area contributed by atoms with Gasteiger partial charge in [0.2, 0.25) is 0 Å². The van der Waals surface area contributed by atoms with Gasteiger partial charge in [-0.25, -0.2) is 26.3 Å². The molecule has 1 nitrogen and oxygen atoms in total. The molecule has 0 bridgehead atoms. The summed E-state index contributed by atoms with van der Waals surface area (Å²) in [5.74, 6) is -9.15. The summed E-state index contributed by atoms with van der Waals surface area (Å²) in [7, 11) is 0. The fourth-order valence-corrected chi connectivity index (χ4v) is 6.28. The van der Waals surface area contributed by atoms with E-state index in [0.29, 0.717) is 23.6 Å². The van der Waals surface area contributed by atoms with Crippen LogP contribution in [0.1, 0.15) is 81.3 Å². The Hall–Kier alpha value is -3.10. The second-order valence-electron chi connectivity index (χ2n) is 11.5. The van der Waals surface area contributed by atoms with Crippen LogP contribution in [0.5, 0.6) is 5.75 Å². The zero-order valence-electron chi connectivity index (χ0n) is 22.4. The number of hydrogen-bond acceptors (Lipinski definition) is 1. The molecule has 2 fully saturated rings. The molecule has 0 spiro atoms. The average molecular weight is 583 g/mol. The van der Waals surface area contributed by atoms with Crippen molar-refractivity contribution in [2.45, 2.75) is 76.2 Å². The van der Waals surface area contributed by atoms with Gasteiger partial charge in [-0.3, -0.25) is 0 Å². The van der Waals surface area contributed by atoms with E-state index in [1.54, 1.807) is 0 Å².